The van der Waals surface area contributed by atoms with Crippen LogP contribution in [0.1, 0.15) is 19.4 Å². The van der Waals surface area contributed by atoms with E-state index in [1.54, 1.807) is 38.1 Å². The molecule has 112 valence electrons. The van der Waals surface area contributed by atoms with Gasteiger partial charge in [-0.2, -0.15) is 4.31 Å². The molecule has 20 heavy (non-hydrogen) atoms. The summed E-state index contributed by atoms with van der Waals surface area (Å²) >= 11 is 2.06. The van der Waals surface area contributed by atoms with Crippen molar-refractivity contribution in [2.75, 3.05) is 11.0 Å². The van der Waals surface area contributed by atoms with Gasteiger partial charge in [0, 0.05) is 16.4 Å². The molecular weight excluding hydrogens is 392 g/mol. The largest absolute Gasteiger partial charge is 0.245 e. The fourth-order valence-electron chi connectivity index (χ4n) is 2.54. The SMILES string of the molecule is Cc1ccc(S(=O)(=O)N2CC(C)(C)[C@H](F)[C@@H]2CI)cc1. The van der Waals surface area contributed by atoms with Gasteiger partial charge >= 0.3 is 0 Å². The number of rotatable bonds is 3. The summed E-state index contributed by atoms with van der Waals surface area (Å²) in [5.41, 5.74) is 0.354. The maximum Gasteiger partial charge on any atom is 0.243 e. The van der Waals surface area contributed by atoms with Crippen LogP contribution in [-0.2, 0) is 10.0 Å². The van der Waals surface area contributed by atoms with Gasteiger partial charge in [-0.15, -0.1) is 0 Å². The summed E-state index contributed by atoms with van der Waals surface area (Å²) in [6.45, 7) is 5.68. The first-order valence-corrected chi connectivity index (χ1v) is 9.45. The molecule has 6 heteroatoms. The summed E-state index contributed by atoms with van der Waals surface area (Å²) in [4.78, 5) is 0.239. The number of sulfonamides is 1. The summed E-state index contributed by atoms with van der Waals surface area (Å²) in [5, 5.41) is 0. The van der Waals surface area contributed by atoms with Crippen LogP contribution in [0.15, 0.2) is 29.2 Å². The number of hydrogen-bond acceptors (Lipinski definition) is 2. The predicted octanol–water partition coefficient (Wildman–Crippen LogP) is 3.17. The van der Waals surface area contributed by atoms with E-state index in [1.807, 2.05) is 6.92 Å². The van der Waals surface area contributed by atoms with Crippen LogP contribution < -0.4 is 0 Å². The second-order valence-electron chi connectivity index (χ2n) is 5.98. The highest BCUT2D eigenvalue weighted by Gasteiger charge is 2.51. The molecule has 2 rings (SSSR count). The highest BCUT2D eigenvalue weighted by molar-refractivity contribution is 14.1. The molecule has 0 unspecified atom stereocenters. The molecule has 0 N–H and O–H groups in total. The molecule has 0 saturated carbocycles. The van der Waals surface area contributed by atoms with Crippen LogP contribution in [0.5, 0.6) is 0 Å². The van der Waals surface area contributed by atoms with Crippen LogP contribution in [0.3, 0.4) is 0 Å². The average Bonchev–Trinajstić information content (AvgIpc) is 2.61. The third-order valence-corrected chi connectivity index (χ3v) is 6.59. The molecule has 1 aliphatic heterocycles. The summed E-state index contributed by atoms with van der Waals surface area (Å²) in [7, 11) is -3.63. The van der Waals surface area contributed by atoms with Crippen molar-refractivity contribution in [2.24, 2.45) is 5.41 Å². The van der Waals surface area contributed by atoms with Crippen LogP contribution >= 0.6 is 22.6 Å². The van der Waals surface area contributed by atoms with Gasteiger partial charge in [-0.05, 0) is 19.1 Å². The number of alkyl halides is 2. The second kappa shape index (κ2) is 5.53. The lowest BCUT2D eigenvalue weighted by Gasteiger charge is -2.23. The summed E-state index contributed by atoms with van der Waals surface area (Å²) in [6.07, 6.45) is -1.14. The summed E-state index contributed by atoms with van der Waals surface area (Å²) < 4.78 is 41.6. The molecule has 3 nitrogen and oxygen atoms in total. The van der Waals surface area contributed by atoms with E-state index in [4.69, 9.17) is 0 Å². The first-order valence-electron chi connectivity index (χ1n) is 6.49. The molecule has 1 aliphatic rings. The maximum absolute atomic E-state index is 14.4. The van der Waals surface area contributed by atoms with Gasteiger partial charge < -0.3 is 0 Å². The van der Waals surface area contributed by atoms with Crippen LogP contribution in [-0.4, -0.2) is 35.9 Å². The van der Waals surface area contributed by atoms with E-state index in [2.05, 4.69) is 22.6 Å². The minimum absolute atomic E-state index is 0.220. The van der Waals surface area contributed by atoms with Gasteiger partial charge in [0.25, 0.3) is 0 Å². The Morgan fingerprint density at radius 2 is 1.90 bits per heavy atom. The quantitative estimate of drug-likeness (QED) is 0.566. The predicted molar refractivity (Wildman–Crippen MR) is 86.4 cm³/mol. The Bertz CT molecular complexity index is 586. The number of benzene rings is 1. The van der Waals surface area contributed by atoms with Gasteiger partial charge in [0.15, 0.2) is 0 Å². The zero-order valence-corrected chi connectivity index (χ0v) is 14.8. The monoisotopic (exact) mass is 411 g/mol. The molecule has 1 heterocycles. The Balaban J connectivity index is 2.41. The minimum atomic E-state index is -3.63. The van der Waals surface area contributed by atoms with E-state index in [-0.39, 0.29) is 11.4 Å². The lowest BCUT2D eigenvalue weighted by atomic mass is 9.89. The van der Waals surface area contributed by atoms with Crippen LogP contribution in [0.25, 0.3) is 0 Å². The Hall–Kier alpha value is -0.210. The average molecular weight is 411 g/mol. The zero-order valence-electron chi connectivity index (χ0n) is 11.8. The maximum atomic E-state index is 14.4. The molecule has 1 saturated heterocycles. The van der Waals surface area contributed by atoms with E-state index in [0.29, 0.717) is 4.43 Å². The number of nitrogens with zero attached hydrogens (tertiary/aromatic N) is 1. The molecule has 1 aromatic rings. The smallest absolute Gasteiger partial charge is 0.243 e. The highest BCUT2D eigenvalue weighted by Crippen LogP contribution is 2.40. The van der Waals surface area contributed by atoms with Crippen LogP contribution in [0.2, 0.25) is 0 Å². The third-order valence-electron chi connectivity index (χ3n) is 3.80. The van der Waals surface area contributed by atoms with Gasteiger partial charge in [0.2, 0.25) is 10.0 Å². The van der Waals surface area contributed by atoms with Crippen molar-refractivity contribution in [3.8, 4) is 0 Å². The summed E-state index contributed by atoms with van der Waals surface area (Å²) in [6, 6.07) is 6.12. The van der Waals surface area contributed by atoms with E-state index in [0.717, 1.165) is 5.56 Å². The Morgan fingerprint density at radius 3 is 2.40 bits per heavy atom. The molecule has 2 atom stereocenters. The van der Waals surface area contributed by atoms with E-state index in [9.17, 15) is 12.8 Å². The fourth-order valence-corrected chi connectivity index (χ4v) is 5.52. The molecule has 0 aromatic heterocycles. The molecule has 0 spiro atoms. The zero-order chi connectivity index (χ0) is 15.1. The Labute approximate surface area is 133 Å². The third kappa shape index (κ3) is 2.74. The molecule has 1 aromatic carbocycles. The van der Waals surface area contributed by atoms with E-state index >= 15 is 0 Å². The Morgan fingerprint density at radius 1 is 1.35 bits per heavy atom. The lowest BCUT2D eigenvalue weighted by Crippen LogP contribution is -2.39. The summed E-state index contributed by atoms with van der Waals surface area (Å²) in [5.74, 6) is 0. The topological polar surface area (TPSA) is 37.4 Å². The van der Waals surface area contributed by atoms with Gasteiger partial charge in [-0.1, -0.05) is 54.1 Å². The van der Waals surface area contributed by atoms with Crippen molar-refractivity contribution in [1.82, 2.24) is 4.31 Å². The Kier molecular flexibility index (Phi) is 4.47. The second-order valence-corrected chi connectivity index (χ2v) is 8.75. The highest BCUT2D eigenvalue weighted by atomic mass is 127. The van der Waals surface area contributed by atoms with Crippen molar-refractivity contribution in [2.45, 2.75) is 37.9 Å². The number of hydrogen-bond donors (Lipinski definition) is 0. The van der Waals surface area contributed by atoms with Crippen molar-refractivity contribution in [3.63, 3.8) is 0 Å². The molecule has 0 radical (unpaired) electrons. The van der Waals surface area contributed by atoms with E-state index < -0.39 is 27.7 Å². The van der Waals surface area contributed by atoms with Crippen molar-refractivity contribution < 1.29 is 12.8 Å². The number of halogens is 2. The normalized spacial score (nSPS) is 26.9. The van der Waals surface area contributed by atoms with E-state index in [1.165, 1.54) is 4.31 Å². The van der Waals surface area contributed by atoms with Gasteiger partial charge in [0.1, 0.15) is 6.17 Å². The van der Waals surface area contributed by atoms with Gasteiger partial charge in [0.05, 0.1) is 10.9 Å². The van der Waals surface area contributed by atoms with Gasteiger partial charge in [-0.25, -0.2) is 12.8 Å². The minimum Gasteiger partial charge on any atom is -0.245 e. The van der Waals surface area contributed by atoms with Crippen molar-refractivity contribution in [3.05, 3.63) is 29.8 Å². The lowest BCUT2D eigenvalue weighted by molar-refractivity contribution is 0.181. The van der Waals surface area contributed by atoms with Crippen LogP contribution in [0, 0.1) is 12.3 Å². The molecule has 1 fully saturated rings. The molecule has 0 bridgehead atoms. The molecular formula is C14H19FINO2S. The van der Waals surface area contributed by atoms with Crippen molar-refractivity contribution in [1.29, 1.82) is 0 Å². The first-order chi connectivity index (χ1) is 9.20. The fraction of sp³-hybridized carbons (Fsp3) is 0.571. The van der Waals surface area contributed by atoms with Gasteiger partial charge in [-0.3, -0.25) is 0 Å². The standard InChI is InChI=1S/C14H19FINO2S/c1-10-4-6-11(7-5-10)20(18,19)17-9-14(2,3)13(15)12(17)8-16/h4-7,12-13H,8-9H2,1-3H3/t12-,13+/m0/s1. The molecule has 0 amide bonds. The van der Waals surface area contributed by atoms with Crippen molar-refractivity contribution >= 4 is 32.6 Å². The number of aryl methyl sites for hydroxylation is 1. The van der Waals surface area contributed by atoms with Crippen LogP contribution in [0.4, 0.5) is 4.39 Å². The molecule has 0 aliphatic carbocycles. The first kappa shape index (κ1) is 16.2.